The zero-order valence-electron chi connectivity index (χ0n) is 20.3. The van der Waals surface area contributed by atoms with E-state index in [9.17, 15) is 19.5 Å². The molecule has 0 spiro atoms. The van der Waals surface area contributed by atoms with Crippen LogP contribution in [-0.4, -0.2) is 34.3 Å². The lowest BCUT2D eigenvalue weighted by molar-refractivity contribution is -0.122. The number of anilines is 2. The topological polar surface area (TPSA) is 161 Å². The molecule has 0 unspecified atom stereocenters. The summed E-state index contributed by atoms with van der Waals surface area (Å²) in [4.78, 5) is 40.9. The summed E-state index contributed by atoms with van der Waals surface area (Å²) in [5.74, 6) is -1.76. The number of nitrogen functional groups attached to an aromatic ring is 1. The number of nitrogens with two attached hydrogens (primary N) is 2. The van der Waals surface area contributed by atoms with E-state index in [2.05, 4.69) is 9.69 Å². The molecule has 10 nitrogen and oxygen atoms in total. The molecule has 1 heterocycles. The molecule has 0 bridgehead atoms. The first kappa shape index (κ1) is 26.2. The van der Waals surface area contributed by atoms with Crippen LogP contribution < -0.4 is 26.4 Å². The Morgan fingerprint density at radius 3 is 2.32 bits per heavy atom. The number of nitrogens with zero attached hydrogens (tertiary/aromatic N) is 2. The molecular formula is C27H25N5O5S. The molecule has 0 aliphatic rings. The quantitative estimate of drug-likeness (QED) is 0.258. The fourth-order valence-electron chi connectivity index (χ4n) is 3.89. The smallest absolute Gasteiger partial charge is 0.273 e. The maximum Gasteiger partial charge on any atom is 0.273 e. The third kappa shape index (κ3) is 5.42. The van der Waals surface area contributed by atoms with E-state index in [-0.39, 0.29) is 34.2 Å². The second-order valence-corrected chi connectivity index (χ2v) is 8.96. The fourth-order valence-corrected chi connectivity index (χ4v) is 4.63. The van der Waals surface area contributed by atoms with Crippen LogP contribution in [0.5, 0.6) is 11.5 Å². The number of hydrogen-bond donors (Lipinski definition) is 4. The lowest BCUT2D eigenvalue weighted by atomic mass is 10.0. The van der Waals surface area contributed by atoms with Gasteiger partial charge in [0.25, 0.3) is 11.8 Å². The van der Waals surface area contributed by atoms with Crippen molar-refractivity contribution in [1.29, 1.82) is 0 Å². The number of methoxy groups -OCH3 is 1. The van der Waals surface area contributed by atoms with Gasteiger partial charge >= 0.3 is 0 Å². The summed E-state index contributed by atoms with van der Waals surface area (Å²) in [7, 11) is 1.44. The van der Waals surface area contributed by atoms with Crippen LogP contribution in [0.4, 0.5) is 11.4 Å². The SMILES string of the molecule is COc1ccccc1N(C(=O)c1snc(C(N)=O)c1N)[C@H](C(=O)NCc1ccccc1)c1ccc(O)cc1. The highest BCUT2D eigenvalue weighted by Gasteiger charge is 2.37. The van der Waals surface area contributed by atoms with Crippen molar-refractivity contribution in [2.75, 3.05) is 17.7 Å². The van der Waals surface area contributed by atoms with Gasteiger partial charge in [-0.1, -0.05) is 54.6 Å². The maximum atomic E-state index is 14.1. The lowest BCUT2D eigenvalue weighted by Crippen LogP contribution is -2.44. The molecule has 0 saturated carbocycles. The highest BCUT2D eigenvalue weighted by Crippen LogP contribution is 2.38. The molecule has 194 valence electrons. The van der Waals surface area contributed by atoms with Gasteiger partial charge in [-0.2, -0.15) is 4.37 Å². The number of phenols is 1. The number of hydrogen-bond acceptors (Lipinski definition) is 8. The molecule has 0 aliphatic carbocycles. The van der Waals surface area contributed by atoms with E-state index < -0.39 is 23.8 Å². The Kier molecular flexibility index (Phi) is 7.88. The van der Waals surface area contributed by atoms with Crippen LogP contribution in [0, 0.1) is 0 Å². The Morgan fingerprint density at radius 1 is 1.03 bits per heavy atom. The average Bonchev–Trinajstić information content (AvgIpc) is 3.32. The molecule has 6 N–H and O–H groups in total. The highest BCUT2D eigenvalue weighted by molar-refractivity contribution is 7.09. The minimum absolute atomic E-state index is 0.00911. The predicted molar refractivity (Wildman–Crippen MR) is 144 cm³/mol. The summed E-state index contributed by atoms with van der Waals surface area (Å²) >= 11 is 0.706. The van der Waals surface area contributed by atoms with Gasteiger partial charge in [0, 0.05) is 6.54 Å². The molecule has 0 aliphatic heterocycles. The standard InChI is InChI=1S/C27H25N5O5S/c1-37-20-10-6-5-9-19(20)32(27(36)24-21(28)22(25(29)34)31-38-24)23(17-11-13-18(33)14-12-17)26(35)30-15-16-7-3-2-4-8-16/h2-14,23,33H,15,28H2,1H3,(H2,29,34)(H,30,35)/t23-/m0/s1. The number of nitrogens with one attached hydrogen (secondary N) is 1. The number of aromatic nitrogens is 1. The number of carbonyl (C=O) groups is 3. The zero-order valence-corrected chi connectivity index (χ0v) is 21.1. The molecule has 3 aromatic carbocycles. The highest BCUT2D eigenvalue weighted by atomic mass is 32.1. The first-order valence-electron chi connectivity index (χ1n) is 11.4. The third-order valence-corrected chi connectivity index (χ3v) is 6.60. The molecule has 3 amide bonds. The Bertz CT molecular complexity index is 1460. The molecule has 0 saturated heterocycles. The predicted octanol–water partition coefficient (Wildman–Crippen LogP) is 3.24. The van der Waals surface area contributed by atoms with E-state index in [1.54, 1.807) is 36.4 Å². The minimum atomic E-state index is -1.22. The molecule has 38 heavy (non-hydrogen) atoms. The molecular weight excluding hydrogens is 506 g/mol. The Labute approximate surface area is 222 Å². The van der Waals surface area contributed by atoms with E-state index in [0.29, 0.717) is 22.8 Å². The van der Waals surface area contributed by atoms with Crippen molar-refractivity contribution in [3.05, 3.63) is 101 Å². The van der Waals surface area contributed by atoms with E-state index >= 15 is 0 Å². The van der Waals surface area contributed by atoms with Crippen LogP contribution in [0.2, 0.25) is 0 Å². The van der Waals surface area contributed by atoms with Crippen molar-refractivity contribution >= 4 is 40.6 Å². The second-order valence-electron chi connectivity index (χ2n) is 8.18. The number of amides is 3. The molecule has 11 heteroatoms. The summed E-state index contributed by atoms with van der Waals surface area (Å²) in [6.45, 7) is 0.205. The van der Waals surface area contributed by atoms with Gasteiger partial charge in [-0.25, -0.2) is 0 Å². The van der Waals surface area contributed by atoms with Crippen molar-refractivity contribution in [1.82, 2.24) is 9.69 Å². The van der Waals surface area contributed by atoms with Crippen LogP contribution in [-0.2, 0) is 11.3 Å². The van der Waals surface area contributed by atoms with Gasteiger partial charge in [0.05, 0.1) is 18.5 Å². The molecule has 1 aromatic heterocycles. The zero-order chi connectivity index (χ0) is 27.2. The number of benzene rings is 3. The first-order chi connectivity index (χ1) is 18.3. The average molecular weight is 532 g/mol. The number of primary amides is 1. The monoisotopic (exact) mass is 531 g/mol. The van der Waals surface area contributed by atoms with Crippen molar-refractivity contribution in [3.63, 3.8) is 0 Å². The van der Waals surface area contributed by atoms with Crippen molar-refractivity contribution in [2.45, 2.75) is 12.6 Å². The van der Waals surface area contributed by atoms with Crippen LogP contribution in [0.3, 0.4) is 0 Å². The lowest BCUT2D eigenvalue weighted by Gasteiger charge is -2.32. The Hall–Kier alpha value is -4.90. The van der Waals surface area contributed by atoms with Gasteiger partial charge in [0.1, 0.15) is 22.4 Å². The van der Waals surface area contributed by atoms with Gasteiger partial charge in [-0.15, -0.1) is 0 Å². The van der Waals surface area contributed by atoms with Gasteiger partial charge in [0.2, 0.25) is 5.91 Å². The van der Waals surface area contributed by atoms with Crippen LogP contribution in [0.15, 0.2) is 78.9 Å². The van der Waals surface area contributed by atoms with Crippen LogP contribution in [0.1, 0.15) is 37.3 Å². The number of phenolic OH excluding ortho intramolecular Hbond substituents is 1. The number of ether oxygens (including phenoxy) is 1. The number of rotatable bonds is 9. The maximum absolute atomic E-state index is 14.1. The van der Waals surface area contributed by atoms with Gasteiger partial charge in [0.15, 0.2) is 5.69 Å². The summed E-state index contributed by atoms with van der Waals surface area (Å²) in [5.41, 5.74) is 12.6. The molecule has 0 fully saturated rings. The summed E-state index contributed by atoms with van der Waals surface area (Å²) in [5, 5.41) is 12.8. The van der Waals surface area contributed by atoms with E-state index in [4.69, 9.17) is 16.2 Å². The van der Waals surface area contributed by atoms with E-state index in [1.165, 1.54) is 24.1 Å². The largest absolute Gasteiger partial charge is 0.508 e. The summed E-state index contributed by atoms with van der Waals surface area (Å²) < 4.78 is 9.47. The van der Waals surface area contributed by atoms with Gasteiger partial charge in [-0.3, -0.25) is 19.3 Å². The molecule has 4 aromatic rings. The summed E-state index contributed by atoms with van der Waals surface area (Å²) in [6.07, 6.45) is 0. The van der Waals surface area contributed by atoms with Crippen molar-refractivity contribution in [2.24, 2.45) is 5.73 Å². The molecule has 4 rings (SSSR count). The van der Waals surface area contributed by atoms with Gasteiger partial charge in [-0.05, 0) is 46.9 Å². The first-order valence-corrected chi connectivity index (χ1v) is 12.2. The normalized spacial score (nSPS) is 11.4. The fraction of sp³-hybridized carbons (Fsp3) is 0.111. The third-order valence-electron chi connectivity index (χ3n) is 5.74. The van der Waals surface area contributed by atoms with Crippen LogP contribution in [0.25, 0.3) is 0 Å². The van der Waals surface area contributed by atoms with Crippen molar-refractivity contribution < 1.29 is 24.2 Å². The second kappa shape index (κ2) is 11.4. The minimum Gasteiger partial charge on any atom is -0.508 e. The van der Waals surface area contributed by atoms with E-state index in [1.807, 2.05) is 30.3 Å². The van der Waals surface area contributed by atoms with Crippen LogP contribution >= 0.6 is 11.5 Å². The summed E-state index contributed by atoms with van der Waals surface area (Å²) in [6, 6.07) is 20.7. The van der Waals surface area contributed by atoms with E-state index in [0.717, 1.165) is 5.56 Å². The molecule has 0 radical (unpaired) electrons. The Morgan fingerprint density at radius 2 is 1.68 bits per heavy atom. The van der Waals surface area contributed by atoms with Crippen molar-refractivity contribution in [3.8, 4) is 11.5 Å². The number of para-hydroxylation sites is 2. The Balaban J connectivity index is 1.86. The number of aromatic hydroxyl groups is 1. The number of carbonyl (C=O) groups excluding carboxylic acids is 3. The van der Waals surface area contributed by atoms with Gasteiger partial charge < -0.3 is 26.6 Å². The molecule has 1 atom stereocenters.